The second kappa shape index (κ2) is 9.97. The number of halogens is 5. The fourth-order valence-electron chi connectivity index (χ4n) is 5.16. The van der Waals surface area contributed by atoms with Gasteiger partial charge >= 0.3 is 6.18 Å². The Balaban J connectivity index is 1.92. The highest BCUT2D eigenvalue weighted by Crippen LogP contribution is 2.56. The molecule has 0 bridgehead atoms. The van der Waals surface area contributed by atoms with Gasteiger partial charge in [-0.3, -0.25) is 0 Å². The minimum absolute atomic E-state index is 0.0748. The number of alkyl halides is 4. The summed E-state index contributed by atoms with van der Waals surface area (Å²) in [6, 6.07) is 14.3. The monoisotopic (exact) mass is 607 g/mol. The summed E-state index contributed by atoms with van der Waals surface area (Å²) in [6.45, 7) is -0.139. The highest BCUT2D eigenvalue weighted by atomic mass is 35.5. The predicted molar refractivity (Wildman–Crippen MR) is 144 cm³/mol. The summed E-state index contributed by atoms with van der Waals surface area (Å²) in [5.74, 6) is -0.940. The number of imidazole rings is 1. The number of aromatic nitrogens is 3. The van der Waals surface area contributed by atoms with Crippen molar-refractivity contribution in [1.29, 1.82) is 0 Å². The van der Waals surface area contributed by atoms with E-state index in [1.807, 2.05) is 0 Å². The molecule has 0 fully saturated rings. The summed E-state index contributed by atoms with van der Waals surface area (Å²) < 4.78 is 92.7. The number of hydrogen-bond acceptors (Lipinski definition) is 6. The molecule has 0 saturated carbocycles. The van der Waals surface area contributed by atoms with E-state index in [9.17, 15) is 26.7 Å². The van der Waals surface area contributed by atoms with E-state index in [4.69, 9.17) is 16.0 Å². The van der Waals surface area contributed by atoms with Crippen LogP contribution < -0.4 is 0 Å². The molecule has 5 rings (SSSR count). The van der Waals surface area contributed by atoms with Gasteiger partial charge in [0.2, 0.25) is 5.67 Å². The lowest BCUT2D eigenvalue weighted by molar-refractivity contribution is -0.141. The molecule has 1 aliphatic carbocycles. The average Bonchev–Trinajstić information content (AvgIpc) is 3.57. The van der Waals surface area contributed by atoms with Gasteiger partial charge in [0.05, 0.1) is 11.5 Å². The lowest BCUT2D eigenvalue weighted by atomic mass is 9.72. The Labute approximate surface area is 237 Å². The number of benzene rings is 2. The number of aliphatic hydroxyl groups is 1. The minimum Gasteiger partial charge on any atom is -0.444 e. The van der Waals surface area contributed by atoms with Gasteiger partial charge in [-0.1, -0.05) is 54.1 Å². The van der Waals surface area contributed by atoms with Crippen molar-refractivity contribution < 1.29 is 35.5 Å². The highest BCUT2D eigenvalue weighted by Gasteiger charge is 2.63. The molecule has 4 aromatic rings. The van der Waals surface area contributed by atoms with Crippen LogP contribution in [0.25, 0.3) is 16.8 Å². The fraction of sp³-hybridized carbons (Fsp3) is 0.214. The number of hydrogen-bond donors (Lipinski definition) is 1. The molecule has 0 spiro atoms. The molecule has 0 saturated heterocycles. The molecule has 214 valence electrons. The second-order valence-corrected chi connectivity index (χ2v) is 12.0. The maximum atomic E-state index is 18.3. The van der Waals surface area contributed by atoms with E-state index in [2.05, 4.69) is 9.97 Å². The van der Waals surface area contributed by atoms with Crippen molar-refractivity contribution in [2.24, 2.45) is 0 Å². The maximum Gasteiger partial charge on any atom is 0.434 e. The normalized spacial score (nSPS) is 21.5. The van der Waals surface area contributed by atoms with Crippen LogP contribution in [0.1, 0.15) is 22.8 Å². The number of oxazole rings is 1. The van der Waals surface area contributed by atoms with Gasteiger partial charge in [0.25, 0.3) is 0 Å². The Kier molecular flexibility index (Phi) is 6.99. The van der Waals surface area contributed by atoms with Crippen molar-refractivity contribution in [3.8, 4) is 11.3 Å². The molecule has 2 unspecified atom stereocenters. The van der Waals surface area contributed by atoms with Gasteiger partial charge < -0.3 is 14.1 Å². The zero-order chi connectivity index (χ0) is 29.8. The molecule has 13 heteroatoms. The van der Waals surface area contributed by atoms with Crippen molar-refractivity contribution in [3.05, 3.63) is 112 Å². The number of nitrogens with zero attached hydrogens (tertiary/aromatic N) is 3. The number of aliphatic hydroxyl groups excluding tert-OH is 1. The number of allylic oxidation sites excluding steroid dienone is 3. The maximum absolute atomic E-state index is 18.3. The molecular formula is C28H22ClF4N3O4S. The highest BCUT2D eigenvalue weighted by molar-refractivity contribution is 7.94. The van der Waals surface area contributed by atoms with Gasteiger partial charge in [0.15, 0.2) is 27.7 Å². The summed E-state index contributed by atoms with van der Waals surface area (Å²) >= 11 is 6.01. The molecule has 0 amide bonds. The molecule has 0 radical (unpaired) electrons. The fourth-order valence-corrected chi connectivity index (χ4v) is 6.55. The zero-order valence-corrected chi connectivity index (χ0v) is 23.1. The number of sulfone groups is 1. The van der Waals surface area contributed by atoms with E-state index in [-0.39, 0.29) is 11.3 Å². The van der Waals surface area contributed by atoms with Gasteiger partial charge in [-0.25, -0.2) is 22.8 Å². The Morgan fingerprint density at radius 3 is 2.29 bits per heavy atom. The lowest BCUT2D eigenvalue weighted by Gasteiger charge is -2.46. The predicted octanol–water partition coefficient (Wildman–Crippen LogP) is 6.10. The van der Waals surface area contributed by atoms with Crippen LogP contribution in [0.5, 0.6) is 0 Å². The smallest absolute Gasteiger partial charge is 0.434 e. The standard InChI is InChI=1S/C28H22ClF4N3O4S/c1-17-35-22(28(31,32)33)14-36(17)27(15-37)23(41(2,38)39)12-20(18-6-4-3-5-7-18)13-26(27,30)25-24(34-16-40-25)19-8-10-21(29)11-9-19/h3-14,16,37H,15H2,1-2H3. The van der Waals surface area contributed by atoms with Crippen molar-refractivity contribution in [3.63, 3.8) is 0 Å². The summed E-state index contributed by atoms with van der Waals surface area (Å²) in [4.78, 5) is 6.99. The molecule has 2 aromatic carbocycles. The first-order chi connectivity index (χ1) is 19.2. The molecule has 2 aromatic heterocycles. The quantitative estimate of drug-likeness (QED) is 0.266. The number of aryl methyl sites for hydroxylation is 1. The first-order valence-corrected chi connectivity index (χ1v) is 14.3. The Morgan fingerprint density at radius 2 is 1.73 bits per heavy atom. The molecule has 7 nitrogen and oxygen atoms in total. The van der Waals surface area contributed by atoms with Crippen LogP contribution in [0.2, 0.25) is 5.02 Å². The zero-order valence-electron chi connectivity index (χ0n) is 21.5. The van der Waals surface area contributed by atoms with Crippen LogP contribution in [0, 0.1) is 6.92 Å². The molecule has 2 heterocycles. The lowest BCUT2D eigenvalue weighted by Crippen LogP contribution is -2.57. The van der Waals surface area contributed by atoms with Crippen LogP contribution in [0.4, 0.5) is 17.6 Å². The van der Waals surface area contributed by atoms with Crippen LogP contribution in [-0.4, -0.2) is 40.9 Å². The van der Waals surface area contributed by atoms with Crippen molar-refractivity contribution in [2.75, 3.05) is 12.9 Å². The van der Waals surface area contributed by atoms with E-state index in [0.29, 0.717) is 26.9 Å². The SMILES string of the molecule is Cc1nc(C(F)(F)F)cn1C1(CO)C(S(C)(=O)=O)=CC(c2ccccc2)=CC1(F)c1ocnc1-c1ccc(Cl)cc1. The van der Waals surface area contributed by atoms with Crippen molar-refractivity contribution in [2.45, 2.75) is 24.3 Å². The molecule has 1 N–H and O–H groups in total. The molecule has 0 aliphatic heterocycles. The Morgan fingerprint density at radius 1 is 1.07 bits per heavy atom. The third kappa shape index (κ3) is 4.69. The van der Waals surface area contributed by atoms with Crippen LogP contribution in [0.15, 0.2) is 88.7 Å². The van der Waals surface area contributed by atoms with Crippen molar-refractivity contribution in [1.82, 2.24) is 14.5 Å². The van der Waals surface area contributed by atoms with Gasteiger partial charge in [-0.15, -0.1) is 0 Å². The summed E-state index contributed by atoms with van der Waals surface area (Å²) in [7, 11) is -4.41. The van der Waals surface area contributed by atoms with Crippen molar-refractivity contribution >= 4 is 27.0 Å². The first-order valence-electron chi connectivity index (χ1n) is 12.1. The third-order valence-corrected chi connectivity index (χ3v) is 8.49. The van der Waals surface area contributed by atoms with Crippen LogP contribution in [0.3, 0.4) is 0 Å². The van der Waals surface area contributed by atoms with E-state index >= 15 is 4.39 Å². The summed E-state index contributed by atoms with van der Waals surface area (Å²) in [5.41, 5.74) is -6.50. The summed E-state index contributed by atoms with van der Waals surface area (Å²) in [5, 5.41) is 11.3. The van der Waals surface area contributed by atoms with E-state index in [1.165, 1.54) is 24.3 Å². The topological polar surface area (TPSA) is 98.2 Å². The average molecular weight is 608 g/mol. The summed E-state index contributed by atoms with van der Waals surface area (Å²) in [6.07, 6.45) is -0.572. The Hall–Kier alpha value is -3.74. The van der Waals surface area contributed by atoms with Gasteiger partial charge in [0, 0.05) is 23.0 Å². The first kappa shape index (κ1) is 28.8. The molecule has 41 heavy (non-hydrogen) atoms. The van der Waals surface area contributed by atoms with E-state index < -0.39 is 56.0 Å². The van der Waals surface area contributed by atoms with E-state index in [1.54, 1.807) is 30.3 Å². The molecule has 2 atom stereocenters. The minimum atomic E-state index is -4.94. The second-order valence-electron chi connectivity index (χ2n) is 9.55. The van der Waals surface area contributed by atoms with Crippen LogP contribution >= 0.6 is 11.6 Å². The van der Waals surface area contributed by atoms with E-state index in [0.717, 1.165) is 31.7 Å². The Bertz CT molecular complexity index is 1780. The van der Waals surface area contributed by atoms with Crippen LogP contribution in [-0.2, 0) is 27.2 Å². The number of rotatable bonds is 6. The third-order valence-electron chi connectivity index (χ3n) is 6.99. The van der Waals surface area contributed by atoms with Gasteiger partial charge in [0.1, 0.15) is 17.1 Å². The molecular weight excluding hydrogens is 586 g/mol. The van der Waals surface area contributed by atoms with Gasteiger partial charge in [-0.05, 0) is 42.3 Å². The van der Waals surface area contributed by atoms with Gasteiger partial charge in [-0.2, -0.15) is 13.2 Å². The molecule has 1 aliphatic rings. The largest absolute Gasteiger partial charge is 0.444 e.